The maximum absolute atomic E-state index is 6.41. The molecule has 14 heavy (non-hydrogen) atoms. The Labute approximate surface area is 91.1 Å². The van der Waals surface area contributed by atoms with E-state index < -0.39 is 0 Å². The van der Waals surface area contributed by atoms with E-state index in [1.54, 1.807) is 0 Å². The molecule has 1 nitrogen and oxygen atoms in total. The number of hydrogen-bond acceptors (Lipinski definition) is 1. The van der Waals surface area contributed by atoms with Crippen LogP contribution in [0.15, 0.2) is 30.3 Å². The molecule has 1 aliphatic rings. The van der Waals surface area contributed by atoms with E-state index in [0.717, 1.165) is 13.1 Å². The fourth-order valence-electron chi connectivity index (χ4n) is 1.97. The van der Waals surface area contributed by atoms with Crippen LogP contribution in [0.3, 0.4) is 0 Å². The van der Waals surface area contributed by atoms with Gasteiger partial charge in [0, 0.05) is 0 Å². The Balaban J connectivity index is 2.03. The van der Waals surface area contributed by atoms with Crippen molar-refractivity contribution in [3.63, 3.8) is 0 Å². The van der Waals surface area contributed by atoms with Crippen LogP contribution in [0.5, 0.6) is 0 Å². The number of nitrogens with zero attached hydrogens (tertiary/aromatic N) is 1. The molecule has 0 atom stereocenters. The molecule has 1 aromatic carbocycles. The van der Waals surface area contributed by atoms with E-state index in [-0.39, 0.29) is 6.26 Å². The summed E-state index contributed by atoms with van der Waals surface area (Å²) in [7, 11) is 0. The van der Waals surface area contributed by atoms with Crippen LogP contribution in [0.2, 0.25) is 0 Å². The summed E-state index contributed by atoms with van der Waals surface area (Å²) >= 11 is 6.41. The van der Waals surface area contributed by atoms with E-state index in [2.05, 4.69) is 29.1 Å². The average Bonchev–Trinajstić information content (AvgIpc) is 2.30. The van der Waals surface area contributed by atoms with Crippen LogP contribution in [0, 0.1) is 0 Å². The van der Waals surface area contributed by atoms with Gasteiger partial charge < -0.3 is 4.81 Å². The lowest BCUT2D eigenvalue weighted by atomic mass is 9.77. The lowest BCUT2D eigenvalue weighted by Crippen LogP contribution is -2.46. The molecule has 1 saturated heterocycles. The van der Waals surface area contributed by atoms with Crippen molar-refractivity contribution >= 4 is 23.2 Å². The van der Waals surface area contributed by atoms with Crippen LogP contribution >= 0.6 is 11.5 Å². The molecule has 0 spiro atoms. The van der Waals surface area contributed by atoms with Gasteiger partial charge in [-0.05, 0) is 31.4 Å². The summed E-state index contributed by atoms with van der Waals surface area (Å²) in [5, 5.41) is 0. The Bertz CT molecular complexity index is 272. The first-order valence-corrected chi connectivity index (χ1v) is 5.74. The second kappa shape index (κ2) is 4.85. The maximum Gasteiger partial charge on any atom is 0.364 e. The summed E-state index contributed by atoms with van der Waals surface area (Å²) in [6.45, 7) is 2.28. The Morgan fingerprint density at radius 2 is 1.64 bits per heavy atom. The minimum Gasteiger partial charge on any atom is -0.325 e. The number of hydrogen-bond donors (Lipinski definition) is 0. The van der Waals surface area contributed by atoms with E-state index in [1.807, 2.05) is 6.07 Å². The first-order valence-electron chi connectivity index (χ1n) is 5.31. The van der Waals surface area contributed by atoms with Crippen molar-refractivity contribution in [1.82, 2.24) is 4.81 Å². The van der Waals surface area contributed by atoms with E-state index in [4.69, 9.17) is 11.5 Å². The fourth-order valence-corrected chi connectivity index (χ4v) is 2.31. The first-order chi connectivity index (χ1) is 6.88. The molecule has 0 saturated carbocycles. The van der Waals surface area contributed by atoms with E-state index >= 15 is 0 Å². The Kier molecular flexibility index (Phi) is 3.49. The van der Waals surface area contributed by atoms with Gasteiger partial charge in [-0.2, -0.15) is 11.5 Å². The lowest BCUT2D eigenvalue weighted by Gasteiger charge is -2.29. The molecule has 1 fully saturated rings. The average molecular weight is 208 g/mol. The van der Waals surface area contributed by atoms with Gasteiger partial charge in [-0.25, -0.2) is 0 Å². The molecule has 3 heteroatoms. The Morgan fingerprint density at radius 3 is 2.29 bits per heavy atom. The molecule has 0 N–H and O–H groups in total. The minimum absolute atomic E-state index is 0.0662. The highest BCUT2D eigenvalue weighted by atomic mass is 35.5. The molecule has 0 radical (unpaired) electrons. The molecule has 1 aromatic rings. The maximum atomic E-state index is 6.41. The molecule has 0 bridgehead atoms. The van der Waals surface area contributed by atoms with Gasteiger partial charge in [-0.15, -0.1) is 0 Å². The topological polar surface area (TPSA) is 3.24 Å². The summed E-state index contributed by atoms with van der Waals surface area (Å²) in [5.74, 6) is 0. The predicted molar refractivity (Wildman–Crippen MR) is 63.1 cm³/mol. The molecule has 1 aliphatic heterocycles. The lowest BCUT2D eigenvalue weighted by molar-refractivity contribution is 0.360. The standard InChI is InChI=1S/C11H15BClN/c13-12(11-7-3-1-4-8-11)14-9-5-2-6-10-14/h1,3-4,7-8H,2,5-6,9-10H2. The van der Waals surface area contributed by atoms with Crippen molar-refractivity contribution < 1.29 is 0 Å². The van der Waals surface area contributed by atoms with E-state index in [9.17, 15) is 0 Å². The largest absolute Gasteiger partial charge is 0.364 e. The molecule has 0 amide bonds. The van der Waals surface area contributed by atoms with Crippen molar-refractivity contribution in [2.75, 3.05) is 13.1 Å². The summed E-state index contributed by atoms with van der Waals surface area (Å²) in [5.41, 5.74) is 1.22. The van der Waals surface area contributed by atoms with E-state index in [0.29, 0.717) is 0 Å². The highest BCUT2D eigenvalue weighted by Gasteiger charge is 2.23. The Morgan fingerprint density at radius 1 is 1.00 bits per heavy atom. The third kappa shape index (κ3) is 2.31. The fraction of sp³-hybridized carbons (Fsp3) is 0.455. The van der Waals surface area contributed by atoms with Crippen LogP contribution in [0.4, 0.5) is 0 Å². The molecule has 2 rings (SSSR count). The molecular formula is C11H15BClN. The van der Waals surface area contributed by atoms with Gasteiger partial charge in [0.15, 0.2) is 0 Å². The van der Waals surface area contributed by atoms with Crippen molar-refractivity contribution in [3.05, 3.63) is 30.3 Å². The van der Waals surface area contributed by atoms with Crippen LogP contribution in [0.1, 0.15) is 19.3 Å². The van der Waals surface area contributed by atoms with Crippen molar-refractivity contribution in [2.24, 2.45) is 0 Å². The van der Waals surface area contributed by atoms with Crippen LogP contribution in [0.25, 0.3) is 0 Å². The Hall–Kier alpha value is -0.465. The van der Waals surface area contributed by atoms with Gasteiger partial charge in [0.2, 0.25) is 0 Å². The van der Waals surface area contributed by atoms with Gasteiger partial charge in [-0.3, -0.25) is 0 Å². The molecular weight excluding hydrogens is 192 g/mol. The van der Waals surface area contributed by atoms with Gasteiger partial charge in [-0.1, -0.05) is 36.8 Å². The zero-order valence-electron chi connectivity index (χ0n) is 8.32. The highest BCUT2D eigenvalue weighted by Crippen LogP contribution is 2.12. The zero-order chi connectivity index (χ0) is 9.80. The first kappa shape index (κ1) is 10.1. The SMILES string of the molecule is ClB(c1ccccc1)N1CCCCC1. The quantitative estimate of drug-likeness (QED) is 0.672. The zero-order valence-corrected chi connectivity index (χ0v) is 9.08. The van der Waals surface area contributed by atoms with Gasteiger partial charge in [0.05, 0.1) is 0 Å². The van der Waals surface area contributed by atoms with Crippen LogP contribution in [-0.4, -0.2) is 24.2 Å². The smallest absolute Gasteiger partial charge is 0.325 e. The summed E-state index contributed by atoms with van der Waals surface area (Å²) < 4.78 is 0. The monoisotopic (exact) mass is 207 g/mol. The van der Waals surface area contributed by atoms with E-state index in [1.165, 1.54) is 24.7 Å². The number of piperidine rings is 1. The second-order valence-corrected chi connectivity index (χ2v) is 4.26. The predicted octanol–water partition coefficient (Wildman–Crippen LogP) is 2.11. The summed E-state index contributed by atoms with van der Waals surface area (Å²) in [4.78, 5) is 2.36. The summed E-state index contributed by atoms with van der Waals surface area (Å²) in [6, 6.07) is 10.3. The highest BCUT2D eigenvalue weighted by molar-refractivity contribution is 7.12. The second-order valence-electron chi connectivity index (χ2n) is 3.84. The third-order valence-corrected chi connectivity index (χ3v) is 3.31. The van der Waals surface area contributed by atoms with Gasteiger partial charge >= 0.3 is 6.26 Å². The molecule has 0 aliphatic carbocycles. The number of benzene rings is 1. The molecule has 74 valence electrons. The molecule has 0 aromatic heterocycles. The number of halogens is 1. The van der Waals surface area contributed by atoms with Crippen molar-refractivity contribution in [2.45, 2.75) is 19.3 Å². The molecule has 0 unspecified atom stereocenters. The summed E-state index contributed by atoms with van der Waals surface area (Å²) in [6.07, 6.45) is 4.00. The molecule has 1 heterocycles. The third-order valence-electron chi connectivity index (χ3n) is 2.79. The van der Waals surface area contributed by atoms with Gasteiger partial charge in [0.1, 0.15) is 0 Å². The minimum atomic E-state index is 0.0662. The van der Waals surface area contributed by atoms with Crippen molar-refractivity contribution in [1.29, 1.82) is 0 Å². The van der Waals surface area contributed by atoms with Crippen LogP contribution < -0.4 is 5.46 Å². The van der Waals surface area contributed by atoms with Crippen molar-refractivity contribution in [3.8, 4) is 0 Å². The van der Waals surface area contributed by atoms with Gasteiger partial charge in [0.25, 0.3) is 0 Å². The van der Waals surface area contributed by atoms with Crippen LogP contribution in [-0.2, 0) is 0 Å². The normalized spacial score (nSPS) is 18.1. The number of rotatable bonds is 2.